The van der Waals surface area contributed by atoms with Crippen LogP contribution in [0.2, 0.25) is 0 Å². The fourth-order valence-electron chi connectivity index (χ4n) is 5.58. The first-order valence-corrected chi connectivity index (χ1v) is 15.6. The molecule has 5 N–H and O–H groups in total. The van der Waals surface area contributed by atoms with Crippen LogP contribution in [0.3, 0.4) is 0 Å². The van der Waals surface area contributed by atoms with Gasteiger partial charge in [-0.2, -0.15) is 0 Å². The standard InChI is InChI=1S/C32H53N5O7/c1-10-17-44-29(42)25(32(7,8)9)36-30(43)35-24(31(4,5)6)28(41)37-16-15-20(18(2)3)22(37)27(40)34-21(23(38)26(33)39)14-13-19-11-12-19/h10,18-22,24-25H,1,11-17H2,2-9H3,(H2,33,39)(H,34,40)(H2,35,36,43)/t20-,21?,22+,24-,25-/m1/s1. The number of carbonyl (C=O) groups excluding carboxylic acids is 6. The fourth-order valence-corrected chi connectivity index (χ4v) is 5.58. The highest BCUT2D eigenvalue weighted by Gasteiger charge is 2.48. The van der Waals surface area contributed by atoms with Crippen LogP contribution in [-0.4, -0.2) is 77.7 Å². The van der Waals surface area contributed by atoms with Gasteiger partial charge in [0, 0.05) is 6.54 Å². The van der Waals surface area contributed by atoms with Crippen molar-refractivity contribution in [1.82, 2.24) is 20.9 Å². The van der Waals surface area contributed by atoms with Crippen molar-refractivity contribution in [2.75, 3.05) is 13.2 Å². The van der Waals surface area contributed by atoms with E-state index in [0.717, 1.165) is 12.8 Å². The molecule has 0 spiro atoms. The van der Waals surface area contributed by atoms with Crippen LogP contribution in [0.5, 0.6) is 0 Å². The molecule has 2 fully saturated rings. The molecule has 2 aliphatic rings. The van der Waals surface area contributed by atoms with Gasteiger partial charge in [-0.15, -0.1) is 0 Å². The van der Waals surface area contributed by atoms with Gasteiger partial charge in [0.25, 0.3) is 5.91 Å². The molecule has 12 heteroatoms. The van der Waals surface area contributed by atoms with Gasteiger partial charge in [0.1, 0.15) is 24.7 Å². The van der Waals surface area contributed by atoms with Gasteiger partial charge in [0.2, 0.25) is 17.6 Å². The molecule has 0 aromatic heterocycles. The lowest BCUT2D eigenvalue weighted by atomic mass is 9.84. The van der Waals surface area contributed by atoms with E-state index in [9.17, 15) is 28.8 Å². The number of hydrogen-bond donors (Lipinski definition) is 4. The number of rotatable bonds is 14. The average Bonchev–Trinajstić information content (AvgIpc) is 3.63. The zero-order valence-electron chi connectivity index (χ0n) is 27.7. The number of primary amides is 1. The van der Waals surface area contributed by atoms with E-state index in [4.69, 9.17) is 10.5 Å². The zero-order chi connectivity index (χ0) is 33.6. The summed E-state index contributed by atoms with van der Waals surface area (Å²) in [5.74, 6) is -3.32. The summed E-state index contributed by atoms with van der Waals surface area (Å²) in [6.45, 7) is 18.4. The Hall–Kier alpha value is -3.44. The van der Waals surface area contributed by atoms with Crippen molar-refractivity contribution in [1.29, 1.82) is 0 Å². The normalized spacial score (nSPS) is 20.7. The number of urea groups is 1. The Balaban J connectivity index is 2.31. The highest BCUT2D eigenvalue weighted by Crippen LogP contribution is 2.35. The maximum atomic E-state index is 14.2. The Morgan fingerprint density at radius 1 is 0.932 bits per heavy atom. The molecule has 1 aliphatic carbocycles. The maximum absolute atomic E-state index is 14.2. The number of carbonyl (C=O) groups is 6. The summed E-state index contributed by atoms with van der Waals surface area (Å²) in [6.07, 6.45) is 5.05. The summed E-state index contributed by atoms with van der Waals surface area (Å²) in [6, 6.07) is -4.79. The van der Waals surface area contributed by atoms with Gasteiger partial charge in [-0.3, -0.25) is 19.2 Å². The molecule has 1 saturated carbocycles. The van der Waals surface area contributed by atoms with E-state index in [1.54, 1.807) is 41.5 Å². The van der Waals surface area contributed by atoms with E-state index in [0.29, 0.717) is 25.2 Å². The van der Waals surface area contributed by atoms with Crippen LogP contribution in [0.1, 0.15) is 87.5 Å². The number of ether oxygens (including phenoxy) is 1. The summed E-state index contributed by atoms with van der Waals surface area (Å²) >= 11 is 0. The molecule has 248 valence electrons. The monoisotopic (exact) mass is 619 g/mol. The van der Waals surface area contributed by atoms with Crippen molar-refractivity contribution in [2.45, 2.75) is 112 Å². The SMILES string of the molecule is C=CCOC(=O)[C@@H](NC(=O)N[C@H](C(=O)N1CC[C@H](C(C)C)[C@H]1C(=O)NC(CCC1CC1)C(=O)C(N)=O)C(C)(C)C)C(C)(C)C. The van der Waals surface area contributed by atoms with Gasteiger partial charge >= 0.3 is 12.0 Å². The van der Waals surface area contributed by atoms with Crippen molar-refractivity contribution < 1.29 is 33.5 Å². The Morgan fingerprint density at radius 2 is 1.50 bits per heavy atom. The predicted octanol–water partition coefficient (Wildman–Crippen LogP) is 2.45. The number of esters is 1. The van der Waals surface area contributed by atoms with E-state index in [1.165, 1.54) is 11.0 Å². The van der Waals surface area contributed by atoms with Gasteiger partial charge in [-0.1, -0.05) is 80.9 Å². The summed E-state index contributed by atoms with van der Waals surface area (Å²) in [7, 11) is 0. The number of Topliss-reactive ketones (excluding diaryl/α,β-unsaturated/α-hetero) is 1. The van der Waals surface area contributed by atoms with Crippen molar-refractivity contribution in [3.05, 3.63) is 12.7 Å². The summed E-state index contributed by atoms with van der Waals surface area (Å²) in [5.41, 5.74) is 3.82. The van der Waals surface area contributed by atoms with Crippen LogP contribution in [0.15, 0.2) is 12.7 Å². The minimum atomic E-state index is -1.11. The number of nitrogens with zero attached hydrogens (tertiary/aromatic N) is 1. The number of amides is 5. The number of nitrogens with one attached hydrogen (secondary N) is 3. The summed E-state index contributed by atoms with van der Waals surface area (Å²) in [5, 5.41) is 8.15. The lowest BCUT2D eigenvalue weighted by Crippen LogP contribution is -2.62. The molecule has 12 nitrogen and oxygen atoms in total. The van der Waals surface area contributed by atoms with Crippen molar-refractivity contribution >= 4 is 35.5 Å². The fraction of sp³-hybridized carbons (Fsp3) is 0.750. The Bertz CT molecular complexity index is 1100. The summed E-state index contributed by atoms with van der Waals surface area (Å²) in [4.78, 5) is 79.8. The van der Waals surface area contributed by atoms with Crippen molar-refractivity contribution in [3.63, 3.8) is 0 Å². The van der Waals surface area contributed by atoms with Crippen LogP contribution in [0, 0.1) is 28.6 Å². The molecule has 5 amide bonds. The van der Waals surface area contributed by atoms with Crippen LogP contribution in [0.25, 0.3) is 0 Å². The number of ketones is 1. The number of likely N-dealkylation sites (tertiary alicyclic amines) is 1. The zero-order valence-corrected chi connectivity index (χ0v) is 27.7. The first-order chi connectivity index (χ1) is 20.3. The minimum Gasteiger partial charge on any atom is -0.460 e. The first-order valence-electron chi connectivity index (χ1n) is 15.6. The third-order valence-corrected chi connectivity index (χ3v) is 8.40. The first kappa shape index (κ1) is 36.8. The molecular weight excluding hydrogens is 566 g/mol. The average molecular weight is 620 g/mol. The number of hydrogen-bond acceptors (Lipinski definition) is 7. The Kier molecular flexibility index (Phi) is 12.6. The van der Waals surface area contributed by atoms with Gasteiger partial charge in [0.15, 0.2) is 0 Å². The van der Waals surface area contributed by atoms with Crippen molar-refractivity contribution in [3.8, 4) is 0 Å². The second kappa shape index (κ2) is 15.0. The molecule has 44 heavy (non-hydrogen) atoms. The maximum Gasteiger partial charge on any atom is 0.329 e. The molecule has 0 aromatic carbocycles. The molecule has 1 aliphatic heterocycles. The Labute approximate surface area is 261 Å². The van der Waals surface area contributed by atoms with Crippen LogP contribution < -0.4 is 21.7 Å². The predicted molar refractivity (Wildman–Crippen MR) is 166 cm³/mol. The third kappa shape index (κ3) is 10.1. The van der Waals surface area contributed by atoms with Gasteiger partial charge < -0.3 is 31.3 Å². The third-order valence-electron chi connectivity index (χ3n) is 8.40. The van der Waals surface area contributed by atoms with E-state index >= 15 is 0 Å². The molecule has 0 radical (unpaired) electrons. The van der Waals surface area contributed by atoms with Crippen LogP contribution in [-0.2, 0) is 28.7 Å². The van der Waals surface area contributed by atoms with Gasteiger partial charge in [-0.25, -0.2) is 9.59 Å². The molecule has 2 rings (SSSR count). The second-order valence-corrected chi connectivity index (χ2v) is 14.6. The topological polar surface area (TPSA) is 177 Å². The smallest absolute Gasteiger partial charge is 0.329 e. The molecule has 0 aromatic rings. The molecule has 0 bridgehead atoms. The molecular formula is C32H53N5O7. The summed E-state index contributed by atoms with van der Waals surface area (Å²) < 4.78 is 5.18. The minimum absolute atomic E-state index is 0.0142. The lowest BCUT2D eigenvalue weighted by molar-refractivity contribution is -0.147. The molecule has 1 unspecified atom stereocenters. The largest absolute Gasteiger partial charge is 0.460 e. The van der Waals surface area contributed by atoms with E-state index in [-0.39, 0.29) is 25.0 Å². The Morgan fingerprint density at radius 3 is 1.98 bits per heavy atom. The molecule has 1 heterocycles. The van der Waals surface area contributed by atoms with Gasteiger partial charge in [-0.05, 0) is 47.8 Å². The highest BCUT2D eigenvalue weighted by atomic mass is 16.5. The second-order valence-electron chi connectivity index (χ2n) is 14.6. The van der Waals surface area contributed by atoms with Crippen LogP contribution >= 0.6 is 0 Å². The van der Waals surface area contributed by atoms with E-state index in [2.05, 4.69) is 22.5 Å². The quantitative estimate of drug-likeness (QED) is 0.131. The van der Waals surface area contributed by atoms with Crippen molar-refractivity contribution in [2.24, 2.45) is 34.3 Å². The lowest BCUT2D eigenvalue weighted by Gasteiger charge is -2.37. The van der Waals surface area contributed by atoms with E-state index in [1.807, 2.05) is 13.8 Å². The number of nitrogens with two attached hydrogens (primary N) is 1. The highest BCUT2D eigenvalue weighted by molar-refractivity contribution is 6.37. The van der Waals surface area contributed by atoms with Crippen LogP contribution in [0.4, 0.5) is 4.79 Å². The molecule has 1 saturated heterocycles. The molecule has 5 atom stereocenters. The van der Waals surface area contributed by atoms with Gasteiger partial charge in [0.05, 0.1) is 6.04 Å². The van der Waals surface area contributed by atoms with E-state index < -0.39 is 70.5 Å².